The first-order chi connectivity index (χ1) is 11.3. The number of aromatic nitrogens is 2. The number of nitrogens with zero attached hydrogens (tertiary/aromatic N) is 4. The third kappa shape index (κ3) is 4.10. The van der Waals surface area contributed by atoms with Crippen LogP contribution in [0.25, 0.3) is 0 Å². The number of hydrogen-bond donors (Lipinski definition) is 0. The molecule has 0 aliphatic carbocycles. The normalized spacial score (nSPS) is 22.0. The Kier molecular flexibility index (Phi) is 5.27. The number of methoxy groups -OCH3 is 1. The van der Waals surface area contributed by atoms with Crippen LogP contribution in [0.5, 0.6) is 5.88 Å². The van der Waals surface area contributed by atoms with Gasteiger partial charge in [-0.3, -0.25) is 4.79 Å². The molecule has 7 heteroatoms. The van der Waals surface area contributed by atoms with E-state index >= 15 is 0 Å². The number of hydrogen-bond acceptors (Lipinski definition) is 6. The Morgan fingerprint density at radius 2 is 2.13 bits per heavy atom. The van der Waals surface area contributed by atoms with E-state index < -0.39 is 0 Å². The highest BCUT2D eigenvalue weighted by Gasteiger charge is 2.25. The van der Waals surface area contributed by atoms with Crippen molar-refractivity contribution in [3.63, 3.8) is 0 Å². The Labute approximate surface area is 136 Å². The molecular formula is C16H24N4O3. The third-order valence-corrected chi connectivity index (χ3v) is 4.47. The van der Waals surface area contributed by atoms with Gasteiger partial charge in [-0.2, -0.15) is 0 Å². The molecule has 2 fully saturated rings. The zero-order chi connectivity index (χ0) is 16.1. The molecule has 1 aromatic heterocycles. The third-order valence-electron chi connectivity index (χ3n) is 4.47. The van der Waals surface area contributed by atoms with Crippen LogP contribution in [0.1, 0.15) is 25.7 Å². The molecule has 1 aromatic rings. The van der Waals surface area contributed by atoms with Crippen molar-refractivity contribution in [3.05, 3.63) is 12.4 Å². The van der Waals surface area contributed by atoms with E-state index in [2.05, 4.69) is 14.9 Å². The van der Waals surface area contributed by atoms with E-state index in [0.29, 0.717) is 12.3 Å². The smallest absolute Gasteiger partial charge is 0.225 e. The molecule has 2 aliphatic heterocycles. The van der Waals surface area contributed by atoms with Gasteiger partial charge in [0.1, 0.15) is 12.1 Å². The van der Waals surface area contributed by atoms with Crippen LogP contribution in [-0.2, 0) is 9.53 Å². The number of piperazine rings is 1. The van der Waals surface area contributed by atoms with Crippen molar-refractivity contribution in [2.24, 2.45) is 0 Å². The van der Waals surface area contributed by atoms with Crippen LogP contribution in [0.3, 0.4) is 0 Å². The summed E-state index contributed by atoms with van der Waals surface area (Å²) >= 11 is 0. The molecule has 2 aliphatic rings. The Morgan fingerprint density at radius 3 is 2.83 bits per heavy atom. The first-order valence-electron chi connectivity index (χ1n) is 8.26. The summed E-state index contributed by atoms with van der Waals surface area (Å²) < 4.78 is 10.8. The summed E-state index contributed by atoms with van der Waals surface area (Å²) in [5.74, 6) is 1.61. The summed E-state index contributed by atoms with van der Waals surface area (Å²) in [6, 6.07) is 1.83. The number of carbonyl (C=O) groups excluding carboxylic acids is 1. The minimum atomic E-state index is 0.111. The molecule has 1 amide bonds. The van der Waals surface area contributed by atoms with Gasteiger partial charge in [-0.15, -0.1) is 0 Å². The van der Waals surface area contributed by atoms with Gasteiger partial charge in [-0.1, -0.05) is 0 Å². The Hall–Kier alpha value is -1.89. The molecule has 1 unspecified atom stereocenters. The topological polar surface area (TPSA) is 67.8 Å². The maximum absolute atomic E-state index is 12.4. The van der Waals surface area contributed by atoms with E-state index in [1.165, 1.54) is 12.7 Å². The molecule has 23 heavy (non-hydrogen) atoms. The molecule has 1 atom stereocenters. The van der Waals surface area contributed by atoms with Gasteiger partial charge in [0.15, 0.2) is 0 Å². The molecule has 2 saturated heterocycles. The van der Waals surface area contributed by atoms with Crippen LogP contribution < -0.4 is 9.64 Å². The quantitative estimate of drug-likeness (QED) is 0.827. The van der Waals surface area contributed by atoms with Crippen molar-refractivity contribution < 1.29 is 14.3 Å². The first-order valence-corrected chi connectivity index (χ1v) is 8.26. The van der Waals surface area contributed by atoms with Crippen LogP contribution in [-0.4, -0.2) is 66.8 Å². The summed E-state index contributed by atoms with van der Waals surface area (Å²) in [6.45, 7) is 3.78. The average Bonchev–Trinajstić information content (AvgIpc) is 2.63. The molecule has 0 spiro atoms. The number of carbonyl (C=O) groups is 1. The van der Waals surface area contributed by atoms with E-state index in [1.54, 1.807) is 7.11 Å². The Balaban J connectivity index is 1.50. The zero-order valence-corrected chi connectivity index (χ0v) is 13.6. The van der Waals surface area contributed by atoms with E-state index in [1.807, 2.05) is 11.0 Å². The van der Waals surface area contributed by atoms with Gasteiger partial charge in [0.25, 0.3) is 0 Å². The number of rotatable bonds is 4. The highest BCUT2D eigenvalue weighted by molar-refractivity contribution is 5.77. The molecule has 0 N–H and O–H groups in total. The van der Waals surface area contributed by atoms with Gasteiger partial charge >= 0.3 is 0 Å². The van der Waals surface area contributed by atoms with Gasteiger partial charge in [0, 0.05) is 38.9 Å². The first kappa shape index (κ1) is 16.0. The summed E-state index contributed by atoms with van der Waals surface area (Å²) in [5, 5.41) is 0. The fourth-order valence-electron chi connectivity index (χ4n) is 3.09. The van der Waals surface area contributed by atoms with Crippen molar-refractivity contribution in [1.82, 2.24) is 14.9 Å². The second kappa shape index (κ2) is 7.59. The lowest BCUT2D eigenvalue weighted by molar-refractivity contribution is -0.135. The standard InChI is InChI=1S/C16H24N4O3/c1-22-15-11-14(17-12-18-15)19-5-7-20(8-6-19)16(21)10-13-4-2-3-9-23-13/h11-13H,2-10H2,1H3. The maximum Gasteiger partial charge on any atom is 0.225 e. The maximum atomic E-state index is 12.4. The van der Waals surface area contributed by atoms with Gasteiger partial charge in [-0.25, -0.2) is 9.97 Å². The van der Waals surface area contributed by atoms with Crippen molar-refractivity contribution in [1.29, 1.82) is 0 Å². The molecule has 0 saturated carbocycles. The fraction of sp³-hybridized carbons (Fsp3) is 0.688. The van der Waals surface area contributed by atoms with Gasteiger partial charge in [-0.05, 0) is 19.3 Å². The predicted octanol–water partition coefficient (Wildman–Crippen LogP) is 1.09. The lowest BCUT2D eigenvalue weighted by atomic mass is 10.1. The second-order valence-electron chi connectivity index (χ2n) is 5.98. The summed E-state index contributed by atoms with van der Waals surface area (Å²) in [6.07, 6.45) is 5.42. The largest absolute Gasteiger partial charge is 0.481 e. The zero-order valence-electron chi connectivity index (χ0n) is 13.6. The predicted molar refractivity (Wildman–Crippen MR) is 85.6 cm³/mol. The molecule has 126 valence electrons. The number of anilines is 1. The van der Waals surface area contributed by atoms with E-state index in [4.69, 9.17) is 9.47 Å². The summed E-state index contributed by atoms with van der Waals surface area (Å²) in [5.41, 5.74) is 0. The summed E-state index contributed by atoms with van der Waals surface area (Å²) in [4.78, 5) is 24.8. The van der Waals surface area contributed by atoms with Crippen molar-refractivity contribution in [2.75, 3.05) is 44.8 Å². The van der Waals surface area contributed by atoms with Crippen molar-refractivity contribution in [2.45, 2.75) is 31.8 Å². The fourth-order valence-corrected chi connectivity index (χ4v) is 3.09. The minimum Gasteiger partial charge on any atom is -0.481 e. The lowest BCUT2D eigenvalue weighted by Gasteiger charge is -2.36. The second-order valence-corrected chi connectivity index (χ2v) is 5.98. The highest BCUT2D eigenvalue weighted by atomic mass is 16.5. The molecule has 3 heterocycles. The van der Waals surface area contributed by atoms with Gasteiger partial charge in [0.05, 0.1) is 19.6 Å². The highest BCUT2D eigenvalue weighted by Crippen LogP contribution is 2.19. The molecule has 3 rings (SSSR count). The Bertz CT molecular complexity index is 526. The molecule has 0 bridgehead atoms. The minimum absolute atomic E-state index is 0.111. The van der Waals surface area contributed by atoms with Crippen LogP contribution in [0.15, 0.2) is 12.4 Å². The Morgan fingerprint density at radius 1 is 1.30 bits per heavy atom. The van der Waals surface area contributed by atoms with E-state index in [9.17, 15) is 4.79 Å². The lowest BCUT2D eigenvalue weighted by Crippen LogP contribution is -2.49. The van der Waals surface area contributed by atoms with Gasteiger partial charge in [0.2, 0.25) is 11.8 Å². The molecule has 0 radical (unpaired) electrons. The average molecular weight is 320 g/mol. The van der Waals surface area contributed by atoms with E-state index in [0.717, 1.165) is 51.4 Å². The molecular weight excluding hydrogens is 296 g/mol. The number of amides is 1. The van der Waals surface area contributed by atoms with Crippen LogP contribution >= 0.6 is 0 Å². The van der Waals surface area contributed by atoms with Crippen molar-refractivity contribution in [3.8, 4) is 5.88 Å². The summed E-state index contributed by atoms with van der Waals surface area (Å²) in [7, 11) is 1.59. The molecule has 0 aromatic carbocycles. The van der Waals surface area contributed by atoms with Crippen LogP contribution in [0.2, 0.25) is 0 Å². The number of ether oxygens (including phenoxy) is 2. The van der Waals surface area contributed by atoms with Crippen LogP contribution in [0, 0.1) is 0 Å². The van der Waals surface area contributed by atoms with Gasteiger partial charge < -0.3 is 19.3 Å². The SMILES string of the molecule is COc1cc(N2CCN(C(=O)CC3CCCCO3)CC2)ncn1. The van der Waals surface area contributed by atoms with E-state index in [-0.39, 0.29) is 12.0 Å². The molecule has 7 nitrogen and oxygen atoms in total. The van der Waals surface area contributed by atoms with Crippen LogP contribution in [0.4, 0.5) is 5.82 Å². The monoisotopic (exact) mass is 320 g/mol. The van der Waals surface area contributed by atoms with Crippen molar-refractivity contribution >= 4 is 11.7 Å².